The highest BCUT2D eigenvalue weighted by Crippen LogP contribution is 2.11. The molecule has 0 saturated carbocycles. The molecule has 0 aliphatic heterocycles. The van der Waals surface area contributed by atoms with E-state index in [2.05, 4.69) is 15.2 Å². The monoisotopic (exact) mass is 311 g/mol. The Labute approximate surface area is 124 Å². The van der Waals surface area contributed by atoms with Crippen molar-refractivity contribution in [3.63, 3.8) is 0 Å². The molecule has 0 bridgehead atoms. The Morgan fingerprint density at radius 2 is 1.90 bits per heavy atom. The van der Waals surface area contributed by atoms with Crippen LogP contribution in [0.5, 0.6) is 0 Å². The molecule has 1 aromatic rings. The van der Waals surface area contributed by atoms with Crippen molar-refractivity contribution >= 4 is 35.4 Å². The van der Waals surface area contributed by atoms with Crippen molar-refractivity contribution in [3.05, 3.63) is 34.7 Å². The van der Waals surface area contributed by atoms with E-state index in [0.29, 0.717) is 17.6 Å². The number of benzene rings is 1. The lowest BCUT2D eigenvalue weighted by molar-refractivity contribution is -0.124. The largest absolute Gasteiger partial charge is 0.478 e. The van der Waals surface area contributed by atoms with Crippen LogP contribution in [0, 0.1) is 4.91 Å². The quantitative estimate of drug-likeness (QED) is 0.514. The highest BCUT2D eigenvalue weighted by atomic mass is 32.2. The first-order valence-corrected chi connectivity index (χ1v) is 6.74. The second-order valence-electron chi connectivity index (χ2n) is 4.00. The normalized spacial score (nSPS) is 11.3. The third kappa shape index (κ3) is 5.61. The second-order valence-corrected chi connectivity index (χ2v) is 4.74. The molecular weight excluding hydrogens is 298 g/mol. The van der Waals surface area contributed by atoms with Crippen molar-refractivity contribution in [1.82, 2.24) is 5.32 Å². The average molecular weight is 311 g/mol. The maximum Gasteiger partial charge on any atom is 0.335 e. The van der Waals surface area contributed by atoms with Gasteiger partial charge in [0.15, 0.2) is 0 Å². The Morgan fingerprint density at radius 1 is 1.29 bits per heavy atom. The zero-order valence-corrected chi connectivity index (χ0v) is 11.8. The molecule has 8 nitrogen and oxygen atoms in total. The van der Waals surface area contributed by atoms with Crippen LogP contribution in [0.25, 0.3) is 0 Å². The molecule has 0 radical (unpaired) electrons. The molecule has 0 spiro atoms. The van der Waals surface area contributed by atoms with Crippen LogP contribution >= 0.6 is 11.9 Å². The van der Waals surface area contributed by atoms with E-state index in [1.807, 2.05) is 0 Å². The summed E-state index contributed by atoms with van der Waals surface area (Å²) in [5, 5.41) is 13.7. The number of hydrogen-bond donors (Lipinski definition) is 3. The number of anilines is 1. The van der Waals surface area contributed by atoms with Gasteiger partial charge in [-0.05, 0) is 24.3 Å². The minimum Gasteiger partial charge on any atom is -0.478 e. The third-order valence-corrected chi connectivity index (χ3v) is 2.98. The summed E-state index contributed by atoms with van der Waals surface area (Å²) in [5.74, 6) is -2.01. The summed E-state index contributed by atoms with van der Waals surface area (Å²) in [6, 6.07) is 4.62. The fourth-order valence-corrected chi connectivity index (χ4v) is 1.90. The zero-order chi connectivity index (χ0) is 15.8. The van der Waals surface area contributed by atoms with Gasteiger partial charge in [-0.25, -0.2) is 4.79 Å². The molecule has 0 heterocycles. The lowest BCUT2D eigenvalue weighted by Gasteiger charge is -2.15. The Morgan fingerprint density at radius 3 is 2.38 bits per heavy atom. The van der Waals surface area contributed by atoms with Crippen LogP contribution in [-0.2, 0) is 9.59 Å². The maximum atomic E-state index is 12.0. The van der Waals surface area contributed by atoms with Crippen LogP contribution in [-0.4, -0.2) is 34.7 Å². The van der Waals surface area contributed by atoms with E-state index in [1.165, 1.54) is 31.2 Å². The second kappa shape index (κ2) is 8.00. The summed E-state index contributed by atoms with van der Waals surface area (Å²) in [4.78, 5) is 43.8. The number of nitrogens with zero attached hydrogens (tertiary/aromatic N) is 1. The summed E-state index contributed by atoms with van der Waals surface area (Å²) in [6.07, 6.45) is 0. The van der Waals surface area contributed by atoms with Crippen LogP contribution in [0.2, 0.25) is 0 Å². The number of aromatic carboxylic acids is 1. The number of nitroso groups, excluding NO2 is 1. The lowest BCUT2D eigenvalue weighted by Crippen LogP contribution is -2.44. The molecule has 1 rings (SSSR count). The number of nitrogens with one attached hydrogen (secondary N) is 2. The number of carboxylic acid groups (broad SMARTS) is 1. The number of amides is 2. The molecule has 0 fully saturated rings. The first kappa shape index (κ1) is 16.6. The average Bonchev–Trinajstić information content (AvgIpc) is 2.43. The number of rotatable bonds is 7. The van der Waals surface area contributed by atoms with E-state index in [1.54, 1.807) is 0 Å². The SMILES string of the molecule is CC(=O)N[C@@H](CSN=O)C(=O)Nc1ccc(C(=O)O)cc1. The molecule has 0 unspecified atom stereocenters. The van der Waals surface area contributed by atoms with Crippen LogP contribution < -0.4 is 10.6 Å². The Bertz CT molecular complexity index is 546. The van der Waals surface area contributed by atoms with Crippen LogP contribution in [0.15, 0.2) is 28.8 Å². The van der Waals surface area contributed by atoms with E-state index in [0.717, 1.165) is 0 Å². The summed E-state index contributed by atoms with van der Waals surface area (Å²) < 4.78 is 2.57. The van der Waals surface area contributed by atoms with Gasteiger partial charge in [0.1, 0.15) is 6.04 Å². The van der Waals surface area contributed by atoms with E-state index in [9.17, 15) is 19.3 Å². The highest BCUT2D eigenvalue weighted by Gasteiger charge is 2.20. The smallest absolute Gasteiger partial charge is 0.335 e. The van der Waals surface area contributed by atoms with Gasteiger partial charge in [0, 0.05) is 34.9 Å². The minimum absolute atomic E-state index is 0.00211. The van der Waals surface area contributed by atoms with Crippen molar-refractivity contribution in [2.24, 2.45) is 4.58 Å². The number of carbonyl (C=O) groups is 3. The molecule has 1 aromatic carbocycles. The molecular formula is C12H13N3O5S. The Balaban J connectivity index is 2.72. The number of carboxylic acids is 1. The van der Waals surface area contributed by atoms with Crippen molar-refractivity contribution in [3.8, 4) is 0 Å². The van der Waals surface area contributed by atoms with E-state index >= 15 is 0 Å². The van der Waals surface area contributed by atoms with Crippen LogP contribution in [0.3, 0.4) is 0 Å². The molecule has 2 amide bonds. The maximum absolute atomic E-state index is 12.0. The first-order valence-electron chi connectivity index (χ1n) is 5.80. The fraction of sp³-hybridized carbons (Fsp3) is 0.250. The van der Waals surface area contributed by atoms with Gasteiger partial charge in [-0.15, -0.1) is 4.91 Å². The topological polar surface area (TPSA) is 125 Å². The molecule has 21 heavy (non-hydrogen) atoms. The summed E-state index contributed by atoms with van der Waals surface area (Å²) in [7, 11) is 0. The fourth-order valence-electron chi connectivity index (χ4n) is 1.46. The molecule has 3 N–H and O–H groups in total. The number of hydrogen-bond acceptors (Lipinski definition) is 6. The molecule has 9 heteroatoms. The summed E-state index contributed by atoms with van der Waals surface area (Å²) >= 11 is 0.620. The Kier molecular flexibility index (Phi) is 6.34. The van der Waals surface area contributed by atoms with Gasteiger partial charge in [-0.1, -0.05) is 0 Å². The lowest BCUT2D eigenvalue weighted by atomic mass is 10.2. The summed E-state index contributed by atoms with van der Waals surface area (Å²) in [5.41, 5.74) is 0.469. The zero-order valence-electron chi connectivity index (χ0n) is 11.0. The van der Waals surface area contributed by atoms with Gasteiger partial charge in [0.05, 0.1) is 5.56 Å². The van der Waals surface area contributed by atoms with Crippen molar-refractivity contribution in [2.45, 2.75) is 13.0 Å². The van der Waals surface area contributed by atoms with E-state index in [-0.39, 0.29) is 11.3 Å². The van der Waals surface area contributed by atoms with Crippen LogP contribution in [0.4, 0.5) is 5.69 Å². The predicted octanol–water partition coefficient (Wildman–Crippen LogP) is 1.24. The predicted molar refractivity (Wildman–Crippen MR) is 77.9 cm³/mol. The van der Waals surface area contributed by atoms with E-state index in [4.69, 9.17) is 5.11 Å². The van der Waals surface area contributed by atoms with Crippen molar-refractivity contribution in [1.29, 1.82) is 0 Å². The van der Waals surface area contributed by atoms with Gasteiger partial charge in [-0.3, -0.25) is 9.59 Å². The molecule has 0 aliphatic rings. The standard InChI is InChI=1S/C12H13N3O5S/c1-7(16)13-10(6-21-15-20)11(17)14-9-4-2-8(3-5-9)12(18)19/h2-5,10H,6H2,1H3,(H,13,16)(H,14,17)(H,18,19)/t10-/m0/s1. The van der Waals surface area contributed by atoms with Crippen molar-refractivity contribution in [2.75, 3.05) is 11.1 Å². The number of carbonyl (C=O) groups excluding carboxylic acids is 2. The molecule has 112 valence electrons. The Hall–Kier alpha value is -2.42. The van der Waals surface area contributed by atoms with Gasteiger partial charge in [-0.2, -0.15) is 0 Å². The molecule has 0 aliphatic carbocycles. The van der Waals surface area contributed by atoms with Crippen LogP contribution in [0.1, 0.15) is 17.3 Å². The van der Waals surface area contributed by atoms with Gasteiger partial charge in [0.25, 0.3) is 0 Å². The summed E-state index contributed by atoms with van der Waals surface area (Å²) in [6.45, 7) is 1.25. The molecule has 0 saturated heterocycles. The minimum atomic E-state index is -1.07. The highest BCUT2D eigenvalue weighted by molar-refractivity contribution is 7.97. The first-order chi connectivity index (χ1) is 9.93. The molecule has 0 aromatic heterocycles. The van der Waals surface area contributed by atoms with Gasteiger partial charge < -0.3 is 15.7 Å². The third-order valence-electron chi connectivity index (χ3n) is 2.39. The molecule has 1 atom stereocenters. The van der Waals surface area contributed by atoms with Gasteiger partial charge in [0.2, 0.25) is 11.8 Å². The van der Waals surface area contributed by atoms with Crippen molar-refractivity contribution < 1.29 is 19.5 Å². The van der Waals surface area contributed by atoms with E-state index < -0.39 is 23.8 Å². The van der Waals surface area contributed by atoms with Gasteiger partial charge >= 0.3 is 5.97 Å².